The lowest BCUT2D eigenvalue weighted by Crippen LogP contribution is -2.31. The molecule has 0 aromatic carbocycles. The number of aromatic nitrogens is 1. The van der Waals surface area contributed by atoms with E-state index in [2.05, 4.69) is 10.3 Å². The summed E-state index contributed by atoms with van der Waals surface area (Å²) in [4.78, 5) is 4.01. The number of pyridine rings is 1. The smallest absolute Gasteiger partial charge is 0.123 e. The van der Waals surface area contributed by atoms with Crippen LogP contribution in [0.25, 0.3) is 0 Å². The average molecular weight is 235 g/mol. The van der Waals surface area contributed by atoms with Crippen molar-refractivity contribution in [1.82, 2.24) is 10.3 Å². The Morgan fingerprint density at radius 2 is 2.53 bits per heavy atom. The number of anilines is 1. The Morgan fingerprint density at radius 1 is 1.65 bits per heavy atom. The van der Waals surface area contributed by atoms with E-state index in [1.165, 1.54) is 18.4 Å². The SMILES string of the molecule is CNC(Cc1ccnc(N)c1)CC1CCCO1. The first kappa shape index (κ1) is 12.3. The molecule has 0 bridgehead atoms. The highest BCUT2D eigenvalue weighted by Crippen LogP contribution is 2.18. The standard InChI is InChI=1S/C13H21N3O/c1-15-11(9-12-3-2-6-17-12)7-10-4-5-16-13(14)8-10/h4-5,8,11-12,15H,2-3,6-7,9H2,1H3,(H2,14,16). The van der Waals surface area contributed by atoms with E-state index in [0.29, 0.717) is 18.0 Å². The van der Waals surface area contributed by atoms with Gasteiger partial charge in [-0.15, -0.1) is 0 Å². The zero-order valence-corrected chi connectivity index (χ0v) is 10.4. The Bertz CT molecular complexity index is 350. The zero-order valence-electron chi connectivity index (χ0n) is 10.4. The lowest BCUT2D eigenvalue weighted by atomic mass is 10.00. The molecule has 0 saturated carbocycles. The molecule has 94 valence electrons. The van der Waals surface area contributed by atoms with Gasteiger partial charge in [0, 0.05) is 18.8 Å². The number of hydrogen-bond acceptors (Lipinski definition) is 4. The molecule has 1 fully saturated rings. The quantitative estimate of drug-likeness (QED) is 0.809. The van der Waals surface area contributed by atoms with Gasteiger partial charge in [0.15, 0.2) is 0 Å². The van der Waals surface area contributed by atoms with Crippen molar-refractivity contribution in [3.05, 3.63) is 23.9 Å². The molecule has 1 aromatic heterocycles. The number of ether oxygens (including phenoxy) is 1. The molecule has 2 unspecified atom stereocenters. The molecule has 4 heteroatoms. The molecule has 2 atom stereocenters. The van der Waals surface area contributed by atoms with E-state index in [1.807, 2.05) is 19.2 Å². The number of nitrogens with zero attached hydrogens (tertiary/aromatic N) is 1. The minimum absolute atomic E-state index is 0.423. The Labute approximate surface area is 103 Å². The summed E-state index contributed by atoms with van der Waals surface area (Å²) in [5.41, 5.74) is 6.91. The fourth-order valence-corrected chi connectivity index (χ4v) is 2.36. The number of nitrogens with two attached hydrogens (primary N) is 1. The second-order valence-corrected chi connectivity index (χ2v) is 4.65. The normalized spacial score (nSPS) is 21.6. The lowest BCUT2D eigenvalue weighted by Gasteiger charge is -2.19. The van der Waals surface area contributed by atoms with Crippen LogP contribution in [0.2, 0.25) is 0 Å². The highest BCUT2D eigenvalue weighted by Gasteiger charge is 2.20. The summed E-state index contributed by atoms with van der Waals surface area (Å²) < 4.78 is 5.67. The Hall–Kier alpha value is -1.13. The van der Waals surface area contributed by atoms with Crippen LogP contribution in [-0.2, 0) is 11.2 Å². The molecule has 2 rings (SSSR count). The molecular formula is C13H21N3O. The predicted octanol–water partition coefficient (Wildman–Crippen LogP) is 1.36. The van der Waals surface area contributed by atoms with Crippen molar-refractivity contribution in [3.8, 4) is 0 Å². The fourth-order valence-electron chi connectivity index (χ4n) is 2.36. The molecule has 3 N–H and O–H groups in total. The Morgan fingerprint density at radius 3 is 3.18 bits per heavy atom. The van der Waals surface area contributed by atoms with E-state index in [4.69, 9.17) is 10.5 Å². The molecule has 0 radical (unpaired) electrons. The maximum absolute atomic E-state index is 5.68. The Balaban J connectivity index is 1.90. The number of nitrogen functional groups attached to an aromatic ring is 1. The van der Waals surface area contributed by atoms with E-state index in [1.54, 1.807) is 6.20 Å². The van der Waals surface area contributed by atoms with Crippen molar-refractivity contribution >= 4 is 5.82 Å². The zero-order chi connectivity index (χ0) is 12.1. The first-order chi connectivity index (χ1) is 8.28. The number of nitrogens with one attached hydrogen (secondary N) is 1. The highest BCUT2D eigenvalue weighted by molar-refractivity contribution is 5.32. The topological polar surface area (TPSA) is 60.2 Å². The molecule has 0 amide bonds. The van der Waals surface area contributed by atoms with Gasteiger partial charge in [-0.3, -0.25) is 0 Å². The van der Waals surface area contributed by atoms with Gasteiger partial charge in [-0.05, 0) is 50.4 Å². The predicted molar refractivity (Wildman–Crippen MR) is 68.8 cm³/mol. The Kier molecular flexibility index (Phi) is 4.34. The lowest BCUT2D eigenvalue weighted by molar-refractivity contribution is 0.0954. The first-order valence-corrected chi connectivity index (χ1v) is 6.27. The molecule has 1 aliphatic rings. The van der Waals surface area contributed by atoms with Crippen molar-refractivity contribution in [2.24, 2.45) is 0 Å². The van der Waals surface area contributed by atoms with Crippen molar-refractivity contribution in [2.45, 2.75) is 37.8 Å². The molecule has 4 nitrogen and oxygen atoms in total. The van der Waals surface area contributed by atoms with Gasteiger partial charge in [-0.25, -0.2) is 4.98 Å². The van der Waals surface area contributed by atoms with Gasteiger partial charge in [0.05, 0.1) is 6.10 Å². The minimum Gasteiger partial charge on any atom is -0.384 e. The molecule has 1 aliphatic heterocycles. The minimum atomic E-state index is 0.423. The molecule has 1 aromatic rings. The van der Waals surface area contributed by atoms with Crippen molar-refractivity contribution < 1.29 is 4.74 Å². The van der Waals surface area contributed by atoms with Crippen LogP contribution in [0.4, 0.5) is 5.82 Å². The van der Waals surface area contributed by atoms with Crippen LogP contribution in [0.1, 0.15) is 24.8 Å². The highest BCUT2D eigenvalue weighted by atomic mass is 16.5. The van der Waals surface area contributed by atoms with Crippen LogP contribution >= 0.6 is 0 Å². The molecule has 17 heavy (non-hydrogen) atoms. The summed E-state index contributed by atoms with van der Waals surface area (Å²) in [5.74, 6) is 0.592. The third kappa shape index (κ3) is 3.68. The van der Waals surface area contributed by atoms with E-state index in [-0.39, 0.29) is 0 Å². The van der Waals surface area contributed by atoms with Crippen LogP contribution in [0, 0.1) is 0 Å². The van der Waals surface area contributed by atoms with E-state index < -0.39 is 0 Å². The van der Waals surface area contributed by atoms with Crippen molar-refractivity contribution in [2.75, 3.05) is 19.4 Å². The van der Waals surface area contributed by atoms with Gasteiger partial charge in [0.1, 0.15) is 5.82 Å². The van der Waals surface area contributed by atoms with Gasteiger partial charge in [0.2, 0.25) is 0 Å². The number of likely N-dealkylation sites (N-methyl/N-ethyl adjacent to an activating group) is 1. The molecular weight excluding hydrogens is 214 g/mol. The summed E-state index contributed by atoms with van der Waals surface area (Å²) in [7, 11) is 2.00. The van der Waals surface area contributed by atoms with Gasteiger partial charge in [-0.1, -0.05) is 0 Å². The van der Waals surface area contributed by atoms with E-state index in [9.17, 15) is 0 Å². The third-order valence-corrected chi connectivity index (χ3v) is 3.31. The summed E-state index contributed by atoms with van der Waals surface area (Å²) in [6.07, 6.45) is 6.62. The monoisotopic (exact) mass is 235 g/mol. The maximum atomic E-state index is 5.68. The van der Waals surface area contributed by atoms with Crippen LogP contribution in [-0.4, -0.2) is 30.8 Å². The summed E-state index contributed by atoms with van der Waals surface area (Å²) in [6.45, 7) is 0.920. The fraction of sp³-hybridized carbons (Fsp3) is 0.615. The first-order valence-electron chi connectivity index (χ1n) is 6.27. The van der Waals surface area contributed by atoms with Gasteiger partial charge in [-0.2, -0.15) is 0 Å². The molecule has 2 heterocycles. The maximum Gasteiger partial charge on any atom is 0.123 e. The van der Waals surface area contributed by atoms with Crippen LogP contribution in [0.5, 0.6) is 0 Å². The van der Waals surface area contributed by atoms with Crippen LogP contribution < -0.4 is 11.1 Å². The van der Waals surface area contributed by atoms with Gasteiger partial charge >= 0.3 is 0 Å². The largest absolute Gasteiger partial charge is 0.384 e. The van der Waals surface area contributed by atoms with Gasteiger partial charge < -0.3 is 15.8 Å². The second kappa shape index (κ2) is 5.98. The van der Waals surface area contributed by atoms with E-state index >= 15 is 0 Å². The number of rotatable bonds is 5. The van der Waals surface area contributed by atoms with E-state index in [0.717, 1.165) is 19.4 Å². The van der Waals surface area contributed by atoms with Crippen molar-refractivity contribution in [3.63, 3.8) is 0 Å². The summed E-state index contributed by atoms with van der Waals surface area (Å²) in [6, 6.07) is 4.41. The van der Waals surface area contributed by atoms with Crippen LogP contribution in [0.15, 0.2) is 18.3 Å². The van der Waals surface area contributed by atoms with Crippen molar-refractivity contribution in [1.29, 1.82) is 0 Å². The summed E-state index contributed by atoms with van der Waals surface area (Å²) in [5, 5.41) is 3.36. The second-order valence-electron chi connectivity index (χ2n) is 4.65. The third-order valence-electron chi connectivity index (χ3n) is 3.31. The molecule has 0 spiro atoms. The van der Waals surface area contributed by atoms with Crippen LogP contribution in [0.3, 0.4) is 0 Å². The summed E-state index contributed by atoms with van der Waals surface area (Å²) >= 11 is 0. The number of hydrogen-bond donors (Lipinski definition) is 2. The molecule has 0 aliphatic carbocycles. The van der Waals surface area contributed by atoms with Gasteiger partial charge in [0.25, 0.3) is 0 Å². The average Bonchev–Trinajstić information content (AvgIpc) is 2.81. The molecule has 1 saturated heterocycles.